The second-order valence-corrected chi connectivity index (χ2v) is 3.60. The van der Waals surface area contributed by atoms with E-state index in [1.165, 1.54) is 25.3 Å². The molecule has 80 valence electrons. The van der Waals surface area contributed by atoms with Gasteiger partial charge in [-0.15, -0.1) is 0 Å². The summed E-state index contributed by atoms with van der Waals surface area (Å²) in [4.78, 5) is 11.0. The standard InChI is InChI=1S/C10H10O4S.Na/c1-14-10(11)7-4-8-2-5-9(6-3-8)15(12)13;/h2-7H,1H3,(H,12,13);/q;+1/p-1/b7-4+;. The number of rotatable bonds is 3. The third-order valence-electron chi connectivity index (χ3n) is 1.69. The van der Waals surface area contributed by atoms with Gasteiger partial charge in [-0.1, -0.05) is 12.1 Å². The van der Waals surface area contributed by atoms with Crippen molar-refractivity contribution < 1.29 is 47.9 Å². The Bertz CT molecular complexity index is 400. The molecule has 0 aliphatic heterocycles. The summed E-state index contributed by atoms with van der Waals surface area (Å²) < 4.78 is 25.5. The van der Waals surface area contributed by atoms with Crippen molar-refractivity contribution in [1.29, 1.82) is 0 Å². The normalized spacial score (nSPS) is 11.9. The summed E-state index contributed by atoms with van der Waals surface area (Å²) >= 11 is -2.22. The molecule has 0 spiro atoms. The average molecular weight is 248 g/mol. The molecule has 0 aromatic heterocycles. The first kappa shape index (κ1) is 15.5. The second kappa shape index (κ2) is 7.76. The van der Waals surface area contributed by atoms with E-state index in [2.05, 4.69) is 4.74 Å². The maximum atomic E-state index is 10.8. The van der Waals surface area contributed by atoms with Gasteiger partial charge in [-0.3, -0.25) is 4.21 Å². The molecule has 16 heavy (non-hydrogen) atoms. The third kappa shape index (κ3) is 5.05. The molecule has 0 radical (unpaired) electrons. The average Bonchev–Trinajstić information content (AvgIpc) is 2.26. The second-order valence-electron chi connectivity index (χ2n) is 2.66. The molecule has 0 saturated heterocycles. The van der Waals surface area contributed by atoms with Gasteiger partial charge in [-0.2, -0.15) is 0 Å². The summed E-state index contributed by atoms with van der Waals surface area (Å²) in [6.07, 6.45) is 2.81. The van der Waals surface area contributed by atoms with Crippen LogP contribution in [0.25, 0.3) is 6.08 Å². The number of ether oxygens (including phenoxy) is 1. The molecule has 0 aliphatic rings. The van der Waals surface area contributed by atoms with Crippen LogP contribution in [0.2, 0.25) is 0 Å². The Hall–Kier alpha value is -0.460. The fraction of sp³-hybridized carbons (Fsp3) is 0.100. The zero-order valence-corrected chi connectivity index (χ0v) is 11.8. The van der Waals surface area contributed by atoms with Gasteiger partial charge < -0.3 is 9.29 Å². The Kier molecular flexibility index (Phi) is 7.53. The van der Waals surface area contributed by atoms with E-state index in [0.717, 1.165) is 5.56 Å². The summed E-state index contributed by atoms with van der Waals surface area (Å²) in [6, 6.07) is 6.12. The minimum atomic E-state index is -2.22. The molecule has 0 heterocycles. The van der Waals surface area contributed by atoms with Crippen molar-refractivity contribution in [3.05, 3.63) is 35.9 Å². The van der Waals surface area contributed by atoms with Gasteiger partial charge in [0.05, 0.1) is 7.11 Å². The largest absolute Gasteiger partial charge is 1.00 e. The van der Waals surface area contributed by atoms with Gasteiger partial charge >= 0.3 is 35.5 Å². The first-order valence-corrected chi connectivity index (χ1v) is 5.16. The van der Waals surface area contributed by atoms with Crippen molar-refractivity contribution in [2.75, 3.05) is 7.11 Å². The number of hydrogen-bond acceptors (Lipinski definition) is 4. The van der Waals surface area contributed by atoms with Crippen LogP contribution in [-0.4, -0.2) is 21.8 Å². The van der Waals surface area contributed by atoms with Crippen LogP contribution in [0.5, 0.6) is 0 Å². The number of benzene rings is 1. The van der Waals surface area contributed by atoms with Crippen LogP contribution in [-0.2, 0) is 20.6 Å². The Morgan fingerprint density at radius 2 is 1.94 bits per heavy atom. The van der Waals surface area contributed by atoms with E-state index in [4.69, 9.17) is 0 Å². The van der Waals surface area contributed by atoms with Crippen molar-refractivity contribution in [1.82, 2.24) is 0 Å². The molecule has 0 bridgehead atoms. The Morgan fingerprint density at radius 1 is 1.38 bits per heavy atom. The summed E-state index contributed by atoms with van der Waals surface area (Å²) in [5.41, 5.74) is 0.731. The van der Waals surface area contributed by atoms with E-state index in [-0.39, 0.29) is 34.5 Å². The molecule has 0 amide bonds. The molecule has 0 N–H and O–H groups in total. The van der Waals surface area contributed by atoms with E-state index in [0.29, 0.717) is 0 Å². The summed E-state index contributed by atoms with van der Waals surface area (Å²) in [5, 5.41) is 0. The third-order valence-corrected chi connectivity index (χ3v) is 2.34. The number of hydrogen-bond donors (Lipinski definition) is 0. The molecule has 1 atom stereocenters. The molecule has 6 heteroatoms. The topological polar surface area (TPSA) is 66.4 Å². The van der Waals surface area contributed by atoms with Crippen LogP contribution in [0.4, 0.5) is 0 Å². The molecule has 0 saturated carbocycles. The quantitative estimate of drug-likeness (QED) is 0.272. The van der Waals surface area contributed by atoms with Crippen molar-refractivity contribution in [3.63, 3.8) is 0 Å². The molecular weight excluding hydrogens is 239 g/mol. The molecule has 0 aliphatic carbocycles. The summed E-state index contributed by atoms with van der Waals surface area (Å²) in [5.74, 6) is -0.452. The van der Waals surface area contributed by atoms with Crippen molar-refractivity contribution >= 4 is 23.1 Å². The van der Waals surface area contributed by atoms with Gasteiger partial charge in [0.1, 0.15) is 0 Å². The molecular formula is C10H9NaO4S. The van der Waals surface area contributed by atoms with E-state index in [9.17, 15) is 13.6 Å². The minimum absolute atomic E-state index is 0. The predicted octanol–water partition coefficient (Wildman–Crippen LogP) is -1.89. The first-order valence-electron chi connectivity index (χ1n) is 4.09. The Balaban J connectivity index is 0.00000225. The van der Waals surface area contributed by atoms with Crippen molar-refractivity contribution in [2.45, 2.75) is 4.90 Å². The van der Waals surface area contributed by atoms with Gasteiger partial charge in [0.25, 0.3) is 0 Å². The number of carbonyl (C=O) groups excluding carboxylic acids is 1. The summed E-state index contributed by atoms with van der Waals surface area (Å²) in [7, 11) is 1.29. The van der Waals surface area contributed by atoms with Gasteiger partial charge in [0.15, 0.2) is 0 Å². The zero-order valence-electron chi connectivity index (χ0n) is 9.01. The predicted molar refractivity (Wildman–Crippen MR) is 54.7 cm³/mol. The molecule has 1 unspecified atom stereocenters. The maximum Gasteiger partial charge on any atom is 1.00 e. The molecule has 1 aromatic carbocycles. The van der Waals surface area contributed by atoms with Gasteiger partial charge in [0.2, 0.25) is 0 Å². The smallest absolute Gasteiger partial charge is 0.768 e. The SMILES string of the molecule is COC(=O)/C=C/c1ccc(S(=O)[O-])cc1.[Na+]. The van der Waals surface area contributed by atoms with Crippen LogP contribution >= 0.6 is 0 Å². The van der Waals surface area contributed by atoms with Crippen LogP contribution < -0.4 is 29.6 Å². The maximum absolute atomic E-state index is 10.8. The van der Waals surface area contributed by atoms with Crippen LogP contribution in [0.1, 0.15) is 5.56 Å². The monoisotopic (exact) mass is 248 g/mol. The molecule has 1 aromatic rings. The van der Waals surface area contributed by atoms with Crippen LogP contribution in [0.3, 0.4) is 0 Å². The van der Waals surface area contributed by atoms with E-state index in [1.54, 1.807) is 18.2 Å². The van der Waals surface area contributed by atoms with Crippen molar-refractivity contribution in [3.8, 4) is 0 Å². The number of esters is 1. The summed E-state index contributed by atoms with van der Waals surface area (Å²) in [6.45, 7) is 0. The number of carbonyl (C=O) groups is 1. The Morgan fingerprint density at radius 3 is 2.38 bits per heavy atom. The van der Waals surface area contributed by atoms with Crippen LogP contribution in [0, 0.1) is 0 Å². The molecule has 0 fully saturated rings. The van der Waals surface area contributed by atoms with E-state index in [1.807, 2.05) is 0 Å². The molecule has 1 rings (SSSR count). The molecule has 4 nitrogen and oxygen atoms in total. The fourth-order valence-corrected chi connectivity index (χ4v) is 1.28. The van der Waals surface area contributed by atoms with Gasteiger partial charge in [-0.05, 0) is 34.9 Å². The van der Waals surface area contributed by atoms with Crippen LogP contribution in [0.15, 0.2) is 35.2 Å². The number of methoxy groups -OCH3 is 1. The Labute approximate surface area is 118 Å². The minimum Gasteiger partial charge on any atom is -0.768 e. The first-order chi connectivity index (χ1) is 7.13. The van der Waals surface area contributed by atoms with Crippen molar-refractivity contribution in [2.24, 2.45) is 0 Å². The van der Waals surface area contributed by atoms with Gasteiger partial charge in [0, 0.05) is 11.0 Å². The van der Waals surface area contributed by atoms with Gasteiger partial charge in [-0.25, -0.2) is 4.79 Å². The van der Waals surface area contributed by atoms with E-state index >= 15 is 0 Å². The van der Waals surface area contributed by atoms with E-state index < -0.39 is 17.0 Å². The fourth-order valence-electron chi connectivity index (χ4n) is 0.922. The zero-order chi connectivity index (χ0) is 11.3.